The van der Waals surface area contributed by atoms with Gasteiger partial charge in [0.05, 0.1) is 0 Å². The van der Waals surface area contributed by atoms with Crippen LogP contribution in [0.5, 0.6) is 0 Å². The molecular weight excluding hydrogens is 311 g/mol. The van der Waals surface area contributed by atoms with Gasteiger partial charge in [0, 0.05) is 0 Å². The van der Waals surface area contributed by atoms with Crippen LogP contribution >= 0.6 is 0 Å². The molecule has 0 aromatic rings. The Bertz CT molecular complexity index is 101. The minimum atomic E-state index is -2.92. The van der Waals surface area contributed by atoms with Gasteiger partial charge in [-0.15, -0.1) is 0 Å². The van der Waals surface area contributed by atoms with Crippen molar-refractivity contribution in [3.63, 3.8) is 0 Å². The summed E-state index contributed by atoms with van der Waals surface area (Å²) >= 11 is 0.904. The van der Waals surface area contributed by atoms with Crippen LogP contribution in [-0.4, -0.2) is 13.9 Å². The molecule has 0 radical (unpaired) electrons. The Hall–Kier alpha value is 1.28. The molecule has 0 aromatic heterocycles. The van der Waals surface area contributed by atoms with E-state index in [1.54, 1.807) is 0 Å². The van der Waals surface area contributed by atoms with Gasteiger partial charge in [-0.25, -0.2) is 0 Å². The molecule has 0 spiro atoms. The van der Waals surface area contributed by atoms with Gasteiger partial charge in [-0.2, -0.15) is 0 Å². The zero-order valence-corrected chi connectivity index (χ0v) is 12.0. The van der Waals surface area contributed by atoms with Crippen LogP contribution < -0.4 is 15.1 Å². The summed E-state index contributed by atoms with van der Waals surface area (Å²) in [4.78, 5) is 0. The largest absolute Gasteiger partial charge is 0.907 e. The smallest absolute Gasteiger partial charge is 0.278 e. The third-order valence-corrected chi connectivity index (χ3v) is 2.17. The predicted octanol–water partition coefficient (Wildman–Crippen LogP) is -1.26. The minimum absolute atomic E-state index is 0.872. The summed E-state index contributed by atoms with van der Waals surface area (Å²) in [6.07, 6.45) is 5.36. The normalized spacial score (nSPS) is 9.71. The van der Waals surface area contributed by atoms with Crippen LogP contribution in [0.3, 0.4) is 0 Å². The van der Waals surface area contributed by atoms with Gasteiger partial charge in [0.15, 0.2) is 0 Å². The SMILES string of the molecule is CC(C)CCCCC[O][Ce+3].[O-]B([O-])[O-]. The maximum Gasteiger partial charge on any atom is -0.278 e. The van der Waals surface area contributed by atoms with Gasteiger partial charge in [0.25, 0.3) is 0 Å². The Morgan fingerprint density at radius 1 is 1.14 bits per heavy atom. The molecule has 0 N–H and O–H groups in total. The van der Waals surface area contributed by atoms with Gasteiger partial charge < -0.3 is 15.1 Å². The quantitative estimate of drug-likeness (QED) is 0.450. The molecular formula is C8H17BCeO4. The fourth-order valence-corrected chi connectivity index (χ4v) is 1.36. The molecule has 0 aliphatic carbocycles. The Balaban J connectivity index is 0. The van der Waals surface area contributed by atoms with Gasteiger partial charge >= 0.3 is 93.3 Å². The summed E-state index contributed by atoms with van der Waals surface area (Å²) in [5, 5.41) is 25.2. The Morgan fingerprint density at radius 2 is 1.64 bits per heavy atom. The van der Waals surface area contributed by atoms with Crippen LogP contribution in [0.25, 0.3) is 0 Å². The van der Waals surface area contributed by atoms with E-state index in [9.17, 15) is 0 Å². The first-order valence-corrected chi connectivity index (χ1v) is 6.04. The van der Waals surface area contributed by atoms with Gasteiger partial charge in [-0.1, -0.05) is 0 Å². The third-order valence-electron chi connectivity index (χ3n) is 1.53. The first-order chi connectivity index (χ1) is 6.50. The third kappa shape index (κ3) is 29.2. The zero-order chi connectivity index (χ0) is 11.4. The summed E-state index contributed by atoms with van der Waals surface area (Å²) in [5.74, 6) is 0.872. The molecule has 4 nitrogen and oxygen atoms in total. The maximum absolute atomic E-state index is 8.42. The van der Waals surface area contributed by atoms with Crippen molar-refractivity contribution in [2.45, 2.75) is 39.5 Å². The molecule has 0 bridgehead atoms. The molecule has 0 atom stereocenters. The van der Waals surface area contributed by atoms with Crippen molar-refractivity contribution in [1.29, 1.82) is 0 Å². The molecule has 6 heteroatoms. The van der Waals surface area contributed by atoms with E-state index < -0.39 is 7.32 Å². The van der Waals surface area contributed by atoms with Crippen molar-refractivity contribution in [2.75, 3.05) is 6.61 Å². The Kier molecular flexibility index (Phi) is 18.0. The standard InChI is InChI=1S/C8H17O.BO3.Ce/c1-8(2)6-4-3-5-7-9;2-1(3)4;/h8H,3-7H2,1-2H3;;/q-1;-3;+4. The molecule has 0 rings (SSSR count). The molecule has 0 aliphatic rings. The average molecular weight is 328 g/mol. The van der Waals surface area contributed by atoms with Crippen molar-refractivity contribution >= 4 is 7.32 Å². The summed E-state index contributed by atoms with van der Waals surface area (Å²) in [6.45, 7) is 5.55. The van der Waals surface area contributed by atoms with Gasteiger partial charge in [-0.3, -0.25) is 7.32 Å². The molecule has 0 heterocycles. The maximum atomic E-state index is 8.42. The number of rotatable bonds is 6. The molecule has 80 valence electrons. The second kappa shape index (κ2) is 14.3. The molecule has 0 amide bonds. The monoisotopic (exact) mass is 328 g/mol. The van der Waals surface area contributed by atoms with E-state index in [4.69, 9.17) is 16.0 Å². The zero-order valence-electron chi connectivity index (χ0n) is 8.82. The van der Waals surface area contributed by atoms with Crippen molar-refractivity contribution in [3.05, 3.63) is 0 Å². The van der Waals surface area contributed by atoms with E-state index in [1.807, 2.05) is 0 Å². The van der Waals surface area contributed by atoms with Crippen LogP contribution in [0.1, 0.15) is 39.5 Å². The summed E-state index contributed by atoms with van der Waals surface area (Å²) < 4.78 is 5.09. The summed E-state index contributed by atoms with van der Waals surface area (Å²) in [5.41, 5.74) is 0. The fourth-order valence-electron chi connectivity index (χ4n) is 0.904. The van der Waals surface area contributed by atoms with Crippen LogP contribution in [-0.2, 0) is 0.951 Å². The van der Waals surface area contributed by atoms with Crippen molar-refractivity contribution in [1.82, 2.24) is 0 Å². The molecule has 0 unspecified atom stereocenters. The first kappa shape index (κ1) is 17.7. The molecule has 0 fully saturated rings. The van der Waals surface area contributed by atoms with Gasteiger partial charge in [0.1, 0.15) is 0 Å². The van der Waals surface area contributed by atoms with Crippen LogP contribution in [0.2, 0.25) is 0 Å². The number of unbranched alkanes of at least 4 members (excludes halogenated alkanes) is 2. The molecule has 14 heavy (non-hydrogen) atoms. The van der Waals surface area contributed by atoms with Crippen molar-refractivity contribution in [3.8, 4) is 0 Å². The molecule has 0 aliphatic heterocycles. The topological polar surface area (TPSA) is 78.4 Å². The Labute approximate surface area is 115 Å². The van der Waals surface area contributed by atoms with E-state index in [0.717, 1.165) is 52.8 Å². The molecule has 0 aromatic carbocycles. The fraction of sp³-hybridized carbons (Fsp3) is 1.00. The van der Waals surface area contributed by atoms with E-state index in [0.29, 0.717) is 0 Å². The van der Waals surface area contributed by atoms with E-state index >= 15 is 0 Å². The van der Waals surface area contributed by atoms with Crippen molar-refractivity contribution in [2.24, 2.45) is 5.92 Å². The number of hydrogen-bond acceptors (Lipinski definition) is 4. The summed E-state index contributed by atoms with van der Waals surface area (Å²) in [7, 11) is -2.92. The van der Waals surface area contributed by atoms with Crippen LogP contribution in [0.4, 0.5) is 0 Å². The van der Waals surface area contributed by atoms with E-state index in [-0.39, 0.29) is 0 Å². The molecule has 0 saturated heterocycles. The summed E-state index contributed by atoms with van der Waals surface area (Å²) in [6, 6.07) is 0. The molecule has 0 saturated carbocycles. The van der Waals surface area contributed by atoms with Crippen molar-refractivity contribution < 1.29 is 56.3 Å². The predicted molar refractivity (Wildman–Crippen MR) is 45.0 cm³/mol. The van der Waals surface area contributed by atoms with Crippen LogP contribution in [0, 0.1) is 46.2 Å². The minimum Gasteiger partial charge on any atom is -0.907 e. The average Bonchev–Trinajstić information content (AvgIpc) is 2.02. The van der Waals surface area contributed by atoms with E-state index in [2.05, 4.69) is 13.8 Å². The first-order valence-electron chi connectivity index (χ1n) is 4.76. The Morgan fingerprint density at radius 3 is 2.00 bits per heavy atom. The second-order valence-corrected chi connectivity index (χ2v) is 4.29. The van der Waals surface area contributed by atoms with Gasteiger partial charge in [-0.05, 0) is 0 Å². The van der Waals surface area contributed by atoms with Crippen LogP contribution in [0.15, 0.2) is 0 Å². The second-order valence-electron chi connectivity index (χ2n) is 3.38. The number of hydrogen-bond donors (Lipinski definition) is 0. The van der Waals surface area contributed by atoms with Gasteiger partial charge in [0.2, 0.25) is 0 Å². The van der Waals surface area contributed by atoms with E-state index in [1.165, 1.54) is 25.7 Å².